The van der Waals surface area contributed by atoms with Gasteiger partial charge in [-0.2, -0.15) is 10.4 Å². The number of nitriles is 1. The maximum absolute atomic E-state index is 9.17. The topological polar surface area (TPSA) is 50.8 Å². The van der Waals surface area contributed by atoms with Gasteiger partial charge >= 0.3 is 0 Å². The van der Waals surface area contributed by atoms with Gasteiger partial charge < -0.3 is 4.74 Å². The van der Waals surface area contributed by atoms with Crippen molar-refractivity contribution in [2.24, 2.45) is 0 Å². The van der Waals surface area contributed by atoms with Crippen LogP contribution in [0, 0.1) is 11.3 Å². The molecule has 0 saturated carbocycles. The minimum Gasteiger partial charge on any atom is -0.496 e. The van der Waals surface area contributed by atoms with Crippen molar-refractivity contribution < 1.29 is 4.74 Å². The Hall–Kier alpha value is -2.77. The average molecular weight is 310 g/mol. The van der Waals surface area contributed by atoms with E-state index in [1.807, 2.05) is 42.5 Å². The van der Waals surface area contributed by atoms with Gasteiger partial charge in [0.15, 0.2) is 5.69 Å². The number of ether oxygens (including phenoxy) is 1. The number of aromatic nitrogens is 2. The van der Waals surface area contributed by atoms with Crippen LogP contribution in [0.15, 0.2) is 54.6 Å². The van der Waals surface area contributed by atoms with Gasteiger partial charge in [0, 0.05) is 11.6 Å². The molecule has 2 aromatic carbocycles. The second kappa shape index (κ2) is 5.92. The molecule has 22 heavy (non-hydrogen) atoms. The van der Waals surface area contributed by atoms with E-state index < -0.39 is 0 Å². The third-order valence-corrected chi connectivity index (χ3v) is 3.61. The number of hydrogen-bond acceptors (Lipinski definition) is 3. The molecule has 0 aliphatic carbocycles. The van der Waals surface area contributed by atoms with E-state index in [1.54, 1.807) is 23.9 Å². The van der Waals surface area contributed by atoms with E-state index in [-0.39, 0.29) is 0 Å². The summed E-state index contributed by atoms with van der Waals surface area (Å²) in [6.07, 6.45) is 0. The van der Waals surface area contributed by atoms with E-state index in [9.17, 15) is 5.26 Å². The minimum absolute atomic E-state index is 0.320. The quantitative estimate of drug-likeness (QED) is 0.732. The smallest absolute Gasteiger partial charge is 0.163 e. The van der Waals surface area contributed by atoms with Crippen molar-refractivity contribution in [1.82, 2.24) is 9.78 Å². The Kier molecular flexibility index (Phi) is 3.82. The molecule has 0 radical (unpaired) electrons. The molecular formula is C17H12ClN3O. The number of benzene rings is 2. The number of hydrogen-bond donors (Lipinski definition) is 0. The van der Waals surface area contributed by atoms with Gasteiger partial charge in [-0.1, -0.05) is 35.9 Å². The van der Waals surface area contributed by atoms with Gasteiger partial charge in [0.2, 0.25) is 0 Å². The number of rotatable bonds is 3. The van der Waals surface area contributed by atoms with Crippen molar-refractivity contribution in [3.05, 3.63) is 65.3 Å². The van der Waals surface area contributed by atoms with Gasteiger partial charge in [0.1, 0.15) is 11.8 Å². The van der Waals surface area contributed by atoms with Gasteiger partial charge in [0.05, 0.1) is 23.5 Å². The highest BCUT2D eigenvalue weighted by molar-refractivity contribution is 6.32. The molecule has 1 heterocycles. The first-order valence-corrected chi connectivity index (χ1v) is 7.01. The van der Waals surface area contributed by atoms with E-state index in [0.717, 1.165) is 11.3 Å². The lowest BCUT2D eigenvalue weighted by molar-refractivity contribution is 0.416. The Balaban J connectivity index is 2.27. The lowest BCUT2D eigenvalue weighted by atomic mass is 10.1. The number of halogens is 1. The summed E-state index contributed by atoms with van der Waals surface area (Å²) in [5.74, 6) is 0.709. The Labute approximate surface area is 133 Å². The molecule has 0 aliphatic rings. The standard InChI is InChI=1S/C17H12ClN3O/c1-22-17-9-5-2-6-13(17)16-10-12(11-19)20-21(16)15-8-4-3-7-14(15)18/h2-10H,1H3. The molecule has 4 nitrogen and oxygen atoms in total. The number of nitrogens with zero attached hydrogens (tertiary/aromatic N) is 3. The van der Waals surface area contributed by atoms with Crippen molar-refractivity contribution in [1.29, 1.82) is 5.26 Å². The molecule has 0 amide bonds. The summed E-state index contributed by atoms with van der Waals surface area (Å²) in [6, 6.07) is 18.8. The fourth-order valence-corrected chi connectivity index (χ4v) is 2.51. The lowest BCUT2D eigenvalue weighted by Gasteiger charge is -2.11. The molecule has 5 heteroatoms. The van der Waals surface area contributed by atoms with Crippen molar-refractivity contribution >= 4 is 11.6 Å². The van der Waals surface area contributed by atoms with Crippen molar-refractivity contribution in [3.8, 4) is 28.8 Å². The molecule has 108 valence electrons. The minimum atomic E-state index is 0.320. The zero-order valence-electron chi connectivity index (χ0n) is 11.8. The zero-order valence-corrected chi connectivity index (χ0v) is 12.6. The van der Waals surface area contributed by atoms with Crippen LogP contribution < -0.4 is 4.74 Å². The van der Waals surface area contributed by atoms with Gasteiger partial charge in [0.25, 0.3) is 0 Å². The largest absolute Gasteiger partial charge is 0.496 e. The first kappa shape index (κ1) is 14.2. The normalized spacial score (nSPS) is 10.2. The molecule has 0 N–H and O–H groups in total. The Morgan fingerprint density at radius 3 is 2.59 bits per heavy atom. The van der Waals surface area contributed by atoms with Gasteiger partial charge in [-0.05, 0) is 24.3 Å². The molecule has 0 saturated heterocycles. The Morgan fingerprint density at radius 1 is 1.14 bits per heavy atom. The molecule has 3 aromatic rings. The van der Waals surface area contributed by atoms with Crippen LogP contribution in [0.5, 0.6) is 5.75 Å². The highest BCUT2D eigenvalue weighted by Gasteiger charge is 2.16. The Bertz CT molecular complexity index is 864. The molecule has 0 unspecified atom stereocenters. The molecule has 1 aromatic heterocycles. The predicted molar refractivity (Wildman–Crippen MR) is 85.3 cm³/mol. The van der Waals surface area contributed by atoms with Crippen LogP contribution in [0.3, 0.4) is 0 Å². The van der Waals surface area contributed by atoms with Crippen molar-refractivity contribution in [2.75, 3.05) is 7.11 Å². The third kappa shape index (κ3) is 2.43. The van der Waals surface area contributed by atoms with Gasteiger partial charge in [-0.3, -0.25) is 0 Å². The molecule has 0 aliphatic heterocycles. The average Bonchev–Trinajstić information content (AvgIpc) is 2.99. The van der Waals surface area contributed by atoms with Crippen LogP contribution in [0.25, 0.3) is 16.9 Å². The summed E-state index contributed by atoms with van der Waals surface area (Å²) in [5.41, 5.74) is 2.63. The number of methoxy groups -OCH3 is 1. The second-order valence-electron chi connectivity index (χ2n) is 4.59. The van der Waals surface area contributed by atoms with Crippen LogP contribution >= 0.6 is 11.6 Å². The fourth-order valence-electron chi connectivity index (χ4n) is 2.29. The third-order valence-electron chi connectivity index (χ3n) is 3.29. The van der Waals surface area contributed by atoms with Crippen LogP contribution in [-0.2, 0) is 0 Å². The van der Waals surface area contributed by atoms with E-state index in [2.05, 4.69) is 11.2 Å². The SMILES string of the molecule is COc1ccccc1-c1cc(C#N)nn1-c1ccccc1Cl. The second-order valence-corrected chi connectivity index (χ2v) is 5.00. The predicted octanol–water partition coefficient (Wildman–Crippen LogP) is 4.07. The first-order chi connectivity index (χ1) is 10.7. The zero-order chi connectivity index (χ0) is 15.5. The molecule has 0 fully saturated rings. The van der Waals surface area contributed by atoms with Gasteiger partial charge in [-0.15, -0.1) is 0 Å². The molecule has 0 bridgehead atoms. The van der Waals surface area contributed by atoms with Crippen LogP contribution in [0.1, 0.15) is 5.69 Å². The van der Waals surface area contributed by atoms with Crippen LogP contribution in [0.4, 0.5) is 0 Å². The van der Waals surface area contributed by atoms with E-state index in [4.69, 9.17) is 16.3 Å². The molecular weight excluding hydrogens is 298 g/mol. The van der Waals surface area contributed by atoms with Crippen LogP contribution in [0.2, 0.25) is 5.02 Å². The van der Waals surface area contributed by atoms with Crippen molar-refractivity contribution in [3.63, 3.8) is 0 Å². The van der Waals surface area contributed by atoms with E-state index in [0.29, 0.717) is 22.2 Å². The summed E-state index contributed by atoms with van der Waals surface area (Å²) in [7, 11) is 1.61. The maximum atomic E-state index is 9.17. The maximum Gasteiger partial charge on any atom is 0.163 e. The van der Waals surface area contributed by atoms with Crippen LogP contribution in [-0.4, -0.2) is 16.9 Å². The van der Waals surface area contributed by atoms with Gasteiger partial charge in [-0.25, -0.2) is 4.68 Å². The summed E-state index contributed by atoms with van der Waals surface area (Å²) < 4.78 is 7.07. The summed E-state index contributed by atoms with van der Waals surface area (Å²) in [4.78, 5) is 0. The van der Waals surface area contributed by atoms with E-state index in [1.165, 1.54) is 0 Å². The Morgan fingerprint density at radius 2 is 1.86 bits per heavy atom. The van der Waals surface area contributed by atoms with E-state index >= 15 is 0 Å². The molecule has 0 atom stereocenters. The highest BCUT2D eigenvalue weighted by atomic mass is 35.5. The molecule has 3 rings (SSSR count). The summed E-state index contributed by atoms with van der Waals surface area (Å²) >= 11 is 6.27. The monoisotopic (exact) mass is 309 g/mol. The first-order valence-electron chi connectivity index (χ1n) is 6.63. The van der Waals surface area contributed by atoms with Crippen molar-refractivity contribution in [2.45, 2.75) is 0 Å². The fraction of sp³-hybridized carbons (Fsp3) is 0.0588. The summed E-state index contributed by atoms with van der Waals surface area (Å²) in [5, 5.41) is 14.1. The summed E-state index contributed by atoms with van der Waals surface area (Å²) in [6.45, 7) is 0. The number of para-hydroxylation sites is 2. The molecule has 0 spiro atoms. The highest BCUT2D eigenvalue weighted by Crippen LogP contribution is 2.33. The lowest BCUT2D eigenvalue weighted by Crippen LogP contribution is -2.01.